The van der Waals surface area contributed by atoms with E-state index in [-0.39, 0.29) is 0 Å². The summed E-state index contributed by atoms with van der Waals surface area (Å²) in [5.74, 6) is 1.23. The molecule has 1 spiro atoms. The molecule has 64 heavy (non-hydrogen) atoms. The molecule has 3 aliphatic rings. The number of benzene rings is 8. The molecule has 1 unspecified atom stereocenters. The average molecular weight is 839 g/mol. The van der Waals surface area contributed by atoms with Crippen molar-refractivity contribution < 1.29 is 8.42 Å². The van der Waals surface area contributed by atoms with Gasteiger partial charge in [-0.2, -0.15) is 0 Å². The second-order valence-electron chi connectivity index (χ2n) is 16.5. The van der Waals surface area contributed by atoms with Crippen molar-refractivity contribution in [1.29, 1.82) is 0 Å². The van der Waals surface area contributed by atoms with Crippen molar-refractivity contribution in [2.75, 3.05) is 0 Å². The van der Waals surface area contributed by atoms with Crippen molar-refractivity contribution in [1.82, 2.24) is 19.9 Å². The number of sulfone groups is 1. The maximum Gasteiger partial charge on any atom is 0.207 e. The molecule has 10 aromatic rings. The SMILES string of the molecule is O=S1(=O)c2ccccc2-c2c1ccc1c2-c2ccccc2C12c1ccccc1-c1ccccc1-c1ccc(-c3cc(-c4cnc(-c5ccccc5)nc4)nc(-c4ccccc4)n3)cc12. The van der Waals surface area contributed by atoms with Crippen LogP contribution in [0.2, 0.25) is 0 Å². The Bertz CT molecular complexity index is 3680. The van der Waals surface area contributed by atoms with E-state index in [2.05, 4.69) is 97.1 Å². The molecule has 0 N–H and O–H groups in total. The van der Waals surface area contributed by atoms with Gasteiger partial charge >= 0.3 is 0 Å². The van der Waals surface area contributed by atoms with E-state index >= 15 is 0 Å². The van der Waals surface area contributed by atoms with Gasteiger partial charge in [-0.05, 0) is 79.9 Å². The summed E-state index contributed by atoms with van der Waals surface area (Å²) >= 11 is 0. The molecule has 1 aliphatic heterocycles. The molecule has 0 bridgehead atoms. The summed E-state index contributed by atoms with van der Waals surface area (Å²) in [6, 6.07) is 66.0. The molecule has 1 atom stereocenters. The highest BCUT2D eigenvalue weighted by Crippen LogP contribution is 2.65. The summed E-state index contributed by atoms with van der Waals surface area (Å²) in [4.78, 5) is 20.7. The molecule has 0 radical (unpaired) electrons. The normalized spacial score (nSPS) is 15.5. The van der Waals surface area contributed by atoms with Crippen LogP contribution in [0.1, 0.15) is 22.3 Å². The van der Waals surface area contributed by atoms with E-state index in [0.717, 1.165) is 94.7 Å². The minimum Gasteiger partial charge on any atom is -0.236 e. The Hall–Kier alpha value is -8.13. The third kappa shape index (κ3) is 5.10. The summed E-state index contributed by atoms with van der Waals surface area (Å²) in [5, 5.41) is 0. The van der Waals surface area contributed by atoms with Crippen LogP contribution in [-0.4, -0.2) is 28.4 Å². The van der Waals surface area contributed by atoms with E-state index in [0.29, 0.717) is 27.1 Å². The van der Waals surface area contributed by atoms with Gasteiger partial charge in [-0.1, -0.05) is 170 Å². The number of nitrogens with zero attached hydrogens (tertiary/aromatic N) is 4. The molecule has 7 heteroatoms. The molecule has 0 saturated carbocycles. The second kappa shape index (κ2) is 13.7. The summed E-state index contributed by atoms with van der Waals surface area (Å²) in [6.07, 6.45) is 3.67. The van der Waals surface area contributed by atoms with Gasteiger partial charge < -0.3 is 0 Å². The van der Waals surface area contributed by atoms with E-state index in [4.69, 9.17) is 19.9 Å². The molecular formula is C57H34N4O2S. The van der Waals surface area contributed by atoms with Crippen LogP contribution >= 0.6 is 0 Å². The van der Waals surface area contributed by atoms with Crippen molar-refractivity contribution in [3.63, 3.8) is 0 Å². The summed E-state index contributed by atoms with van der Waals surface area (Å²) in [6.45, 7) is 0. The fraction of sp³-hybridized carbons (Fsp3) is 0.0175. The summed E-state index contributed by atoms with van der Waals surface area (Å²) in [7, 11) is -3.74. The van der Waals surface area contributed by atoms with Gasteiger partial charge in [0.2, 0.25) is 9.84 Å². The van der Waals surface area contributed by atoms with Crippen LogP contribution < -0.4 is 0 Å². The molecule has 2 aromatic heterocycles. The van der Waals surface area contributed by atoms with Crippen LogP contribution in [0.25, 0.3) is 89.8 Å². The smallest absolute Gasteiger partial charge is 0.207 e. The third-order valence-corrected chi connectivity index (χ3v) is 15.1. The number of aromatic nitrogens is 4. The molecule has 3 heterocycles. The molecule has 0 fully saturated rings. The molecule has 6 nitrogen and oxygen atoms in total. The fourth-order valence-electron chi connectivity index (χ4n) is 10.5. The highest BCUT2D eigenvalue weighted by molar-refractivity contribution is 7.92. The van der Waals surface area contributed by atoms with Crippen molar-refractivity contribution >= 4 is 9.84 Å². The zero-order valence-corrected chi connectivity index (χ0v) is 35.0. The Morgan fingerprint density at radius 2 is 0.875 bits per heavy atom. The molecule has 13 rings (SSSR count). The van der Waals surface area contributed by atoms with Crippen molar-refractivity contribution in [2.45, 2.75) is 15.2 Å². The van der Waals surface area contributed by atoms with Crippen LogP contribution in [-0.2, 0) is 15.3 Å². The molecular weight excluding hydrogens is 805 g/mol. The standard InChI is InChI=1S/C57H34N4O2S/c62-64(63)51-26-14-11-23-44(51)54-52(64)30-29-47-53(54)43-22-10-13-25-46(43)57(47)45-24-12-9-21-41(45)39-19-7-8-20-40(39)42-28-27-37(31-48(42)57)49-32-50(61-56(60-49)36-17-5-2-6-18-36)38-33-58-55(59-34-38)35-15-3-1-4-16-35/h1-34H. The lowest BCUT2D eigenvalue weighted by atomic mass is 9.65. The largest absolute Gasteiger partial charge is 0.236 e. The van der Waals surface area contributed by atoms with Crippen LogP contribution in [0, 0.1) is 0 Å². The first kappa shape index (κ1) is 36.5. The van der Waals surface area contributed by atoms with Crippen molar-refractivity contribution in [2.24, 2.45) is 0 Å². The molecule has 300 valence electrons. The zero-order valence-electron chi connectivity index (χ0n) is 34.1. The Balaban J connectivity index is 1.11. The first-order chi connectivity index (χ1) is 31.5. The zero-order chi connectivity index (χ0) is 42.6. The van der Waals surface area contributed by atoms with E-state index in [1.165, 1.54) is 0 Å². The topological polar surface area (TPSA) is 85.7 Å². The first-order valence-corrected chi connectivity index (χ1v) is 22.8. The third-order valence-electron chi connectivity index (χ3n) is 13.2. The van der Waals surface area contributed by atoms with Gasteiger partial charge in [0.1, 0.15) is 0 Å². The summed E-state index contributed by atoms with van der Waals surface area (Å²) < 4.78 is 28.6. The molecule has 8 aromatic carbocycles. The molecule has 2 aliphatic carbocycles. The minimum atomic E-state index is -3.74. The Morgan fingerprint density at radius 3 is 1.56 bits per heavy atom. The molecule has 0 amide bonds. The Morgan fingerprint density at radius 1 is 0.344 bits per heavy atom. The Labute approximate surface area is 370 Å². The van der Waals surface area contributed by atoms with Crippen molar-refractivity contribution in [3.05, 3.63) is 229 Å². The van der Waals surface area contributed by atoms with Crippen molar-refractivity contribution in [3.8, 4) is 89.8 Å². The maximum atomic E-state index is 14.3. The Kier molecular flexibility index (Phi) is 7.81. The monoisotopic (exact) mass is 838 g/mol. The van der Waals surface area contributed by atoms with E-state index in [1.807, 2.05) is 103 Å². The van der Waals surface area contributed by atoms with Gasteiger partial charge in [0.15, 0.2) is 11.6 Å². The number of fused-ring (bicyclic) bond motifs is 16. The van der Waals surface area contributed by atoms with Gasteiger partial charge in [0, 0.05) is 45.8 Å². The maximum absolute atomic E-state index is 14.3. The van der Waals surface area contributed by atoms with E-state index in [9.17, 15) is 8.42 Å². The number of hydrogen-bond donors (Lipinski definition) is 0. The fourth-order valence-corrected chi connectivity index (χ4v) is 12.2. The van der Waals surface area contributed by atoms with Crippen LogP contribution in [0.5, 0.6) is 0 Å². The van der Waals surface area contributed by atoms with Crippen LogP contribution in [0.4, 0.5) is 0 Å². The van der Waals surface area contributed by atoms with E-state index < -0.39 is 15.3 Å². The average Bonchev–Trinajstić information content (AvgIpc) is 3.75. The predicted molar refractivity (Wildman–Crippen MR) is 252 cm³/mol. The summed E-state index contributed by atoms with van der Waals surface area (Å²) in [5.41, 5.74) is 16.4. The lowest BCUT2D eigenvalue weighted by Gasteiger charge is -2.35. The lowest BCUT2D eigenvalue weighted by Crippen LogP contribution is -2.29. The second-order valence-corrected chi connectivity index (χ2v) is 18.4. The highest BCUT2D eigenvalue weighted by atomic mass is 32.2. The van der Waals surface area contributed by atoms with Gasteiger partial charge in [-0.15, -0.1) is 0 Å². The number of rotatable bonds is 4. The highest BCUT2D eigenvalue weighted by Gasteiger charge is 2.52. The van der Waals surface area contributed by atoms with Gasteiger partial charge in [0.05, 0.1) is 26.6 Å². The van der Waals surface area contributed by atoms with Crippen LogP contribution in [0.15, 0.2) is 216 Å². The van der Waals surface area contributed by atoms with Gasteiger partial charge in [-0.25, -0.2) is 28.4 Å². The number of hydrogen-bond acceptors (Lipinski definition) is 6. The van der Waals surface area contributed by atoms with Gasteiger partial charge in [0.25, 0.3) is 0 Å². The predicted octanol–water partition coefficient (Wildman–Crippen LogP) is 12.8. The first-order valence-electron chi connectivity index (χ1n) is 21.3. The van der Waals surface area contributed by atoms with E-state index in [1.54, 1.807) is 6.07 Å². The quantitative estimate of drug-likeness (QED) is 0.175. The van der Waals surface area contributed by atoms with Gasteiger partial charge in [-0.3, -0.25) is 0 Å². The minimum absolute atomic E-state index is 0.348. The lowest BCUT2D eigenvalue weighted by molar-refractivity contribution is 0.598. The van der Waals surface area contributed by atoms with Crippen LogP contribution in [0.3, 0.4) is 0 Å². The molecule has 0 saturated heterocycles.